The second kappa shape index (κ2) is 4.23. The zero-order valence-corrected chi connectivity index (χ0v) is 10.5. The molecule has 1 N–H and O–H groups in total. The number of carbonyl (C=O) groups is 1. The molecule has 0 fully saturated rings. The van der Waals surface area contributed by atoms with Crippen molar-refractivity contribution >= 4 is 21.7 Å². The summed E-state index contributed by atoms with van der Waals surface area (Å²) in [6.45, 7) is 3.54. The van der Waals surface area contributed by atoms with Gasteiger partial charge in [0.1, 0.15) is 0 Å². The van der Waals surface area contributed by atoms with Crippen molar-refractivity contribution in [3.63, 3.8) is 0 Å². The fourth-order valence-electron chi connectivity index (χ4n) is 1.16. The lowest BCUT2D eigenvalue weighted by atomic mass is 10.0. The maximum atomic E-state index is 11.9. The summed E-state index contributed by atoms with van der Waals surface area (Å²) in [4.78, 5) is 11.9. The molecule has 0 aromatic heterocycles. The summed E-state index contributed by atoms with van der Waals surface area (Å²) >= 11 is 3.29. The number of hydrogen-bond donors (Lipinski definition) is 1. The number of aromatic hydroxyl groups is 1. The van der Waals surface area contributed by atoms with Crippen LogP contribution in [0, 0.1) is 0 Å². The molecule has 3 nitrogen and oxygen atoms in total. The van der Waals surface area contributed by atoms with E-state index in [4.69, 9.17) is 4.74 Å². The molecule has 0 saturated carbocycles. The van der Waals surface area contributed by atoms with Crippen LogP contribution in [0.5, 0.6) is 11.5 Å². The van der Waals surface area contributed by atoms with Crippen LogP contribution in [-0.4, -0.2) is 22.3 Å². The molecule has 4 heteroatoms. The largest absolute Gasteiger partial charge is 0.504 e. The van der Waals surface area contributed by atoms with Crippen molar-refractivity contribution in [2.24, 2.45) is 0 Å². The molecule has 0 heterocycles. The first-order chi connectivity index (χ1) is 6.86. The van der Waals surface area contributed by atoms with Gasteiger partial charge in [0.2, 0.25) is 0 Å². The number of hydrogen-bond acceptors (Lipinski definition) is 3. The summed E-state index contributed by atoms with van der Waals surface area (Å²) in [7, 11) is 1.45. The number of carbonyl (C=O) groups excluding carboxylic acids is 1. The number of halogens is 1. The van der Waals surface area contributed by atoms with Gasteiger partial charge in [0.25, 0.3) is 0 Å². The molecule has 0 aliphatic heterocycles. The number of Topliss-reactive ketones (excluding diaryl/α,β-unsaturated/α-hetero) is 1. The van der Waals surface area contributed by atoms with E-state index in [1.807, 2.05) is 0 Å². The monoisotopic (exact) mass is 272 g/mol. The Balaban J connectivity index is 3.12. The number of alkyl halides is 1. The van der Waals surface area contributed by atoms with Gasteiger partial charge >= 0.3 is 0 Å². The van der Waals surface area contributed by atoms with Crippen molar-refractivity contribution in [1.82, 2.24) is 0 Å². The van der Waals surface area contributed by atoms with Gasteiger partial charge in [-0.05, 0) is 32.0 Å². The number of phenolic OH excluding ortho intramolecular Hbond substituents is 1. The first kappa shape index (κ1) is 12.0. The maximum Gasteiger partial charge on any atom is 0.179 e. The second-order valence-electron chi connectivity index (χ2n) is 3.69. The molecular formula is C11H13BrO3. The van der Waals surface area contributed by atoms with Crippen molar-refractivity contribution < 1.29 is 14.6 Å². The number of benzene rings is 1. The summed E-state index contributed by atoms with van der Waals surface area (Å²) in [6, 6.07) is 4.55. The van der Waals surface area contributed by atoms with E-state index in [0.29, 0.717) is 11.3 Å². The highest BCUT2D eigenvalue weighted by molar-refractivity contribution is 9.10. The van der Waals surface area contributed by atoms with Crippen LogP contribution >= 0.6 is 15.9 Å². The van der Waals surface area contributed by atoms with Crippen LogP contribution < -0.4 is 4.74 Å². The van der Waals surface area contributed by atoms with Crippen LogP contribution in [0.2, 0.25) is 0 Å². The van der Waals surface area contributed by atoms with Gasteiger partial charge < -0.3 is 9.84 Å². The molecule has 0 aliphatic rings. The number of ether oxygens (including phenoxy) is 1. The number of phenols is 1. The van der Waals surface area contributed by atoms with Crippen molar-refractivity contribution in [3.05, 3.63) is 23.8 Å². The standard InChI is InChI=1S/C11H13BrO3/c1-11(2,12)10(14)7-4-5-8(13)9(6-7)15-3/h4-6,13H,1-3H3. The smallest absolute Gasteiger partial charge is 0.179 e. The molecule has 0 bridgehead atoms. The molecule has 0 atom stereocenters. The van der Waals surface area contributed by atoms with E-state index >= 15 is 0 Å². The first-order valence-electron chi connectivity index (χ1n) is 4.47. The SMILES string of the molecule is COc1cc(C(=O)C(C)(C)Br)ccc1O. The molecule has 1 aromatic rings. The quantitative estimate of drug-likeness (QED) is 0.680. The number of methoxy groups -OCH3 is 1. The van der Waals surface area contributed by atoms with Crippen LogP contribution in [0.3, 0.4) is 0 Å². The van der Waals surface area contributed by atoms with Crippen molar-refractivity contribution in [1.29, 1.82) is 0 Å². The van der Waals surface area contributed by atoms with Crippen LogP contribution in [0.15, 0.2) is 18.2 Å². The third kappa shape index (κ3) is 2.72. The van der Waals surface area contributed by atoms with Crippen molar-refractivity contribution in [3.8, 4) is 11.5 Å². The summed E-state index contributed by atoms with van der Waals surface area (Å²) < 4.78 is 4.31. The lowest BCUT2D eigenvalue weighted by Gasteiger charge is -2.15. The van der Waals surface area contributed by atoms with Crippen LogP contribution in [0.1, 0.15) is 24.2 Å². The number of rotatable bonds is 3. The van der Waals surface area contributed by atoms with Gasteiger partial charge in [-0.1, -0.05) is 15.9 Å². The average molecular weight is 273 g/mol. The number of ketones is 1. The van der Waals surface area contributed by atoms with Gasteiger partial charge in [-0.15, -0.1) is 0 Å². The highest BCUT2D eigenvalue weighted by Crippen LogP contribution is 2.29. The van der Waals surface area contributed by atoms with E-state index in [1.54, 1.807) is 19.9 Å². The second-order valence-corrected chi connectivity index (χ2v) is 5.67. The van der Waals surface area contributed by atoms with E-state index in [-0.39, 0.29) is 11.5 Å². The highest BCUT2D eigenvalue weighted by atomic mass is 79.9. The molecule has 15 heavy (non-hydrogen) atoms. The lowest BCUT2D eigenvalue weighted by molar-refractivity contribution is 0.0961. The van der Waals surface area contributed by atoms with Gasteiger partial charge in [0.15, 0.2) is 17.3 Å². The molecule has 0 aliphatic carbocycles. The van der Waals surface area contributed by atoms with E-state index in [0.717, 1.165) is 0 Å². The molecule has 0 radical (unpaired) electrons. The molecule has 0 unspecified atom stereocenters. The Kier molecular flexibility index (Phi) is 3.39. The van der Waals surface area contributed by atoms with E-state index < -0.39 is 4.32 Å². The third-order valence-electron chi connectivity index (χ3n) is 1.98. The first-order valence-corrected chi connectivity index (χ1v) is 5.26. The zero-order valence-electron chi connectivity index (χ0n) is 8.87. The Morgan fingerprint density at radius 3 is 2.53 bits per heavy atom. The van der Waals surface area contributed by atoms with E-state index in [2.05, 4.69) is 15.9 Å². The van der Waals surface area contributed by atoms with E-state index in [9.17, 15) is 9.90 Å². The zero-order chi connectivity index (χ0) is 11.6. The van der Waals surface area contributed by atoms with Crippen LogP contribution in [0.4, 0.5) is 0 Å². The maximum absolute atomic E-state index is 11.9. The van der Waals surface area contributed by atoms with Crippen molar-refractivity contribution in [2.75, 3.05) is 7.11 Å². The Morgan fingerprint density at radius 2 is 2.07 bits per heavy atom. The van der Waals surface area contributed by atoms with Gasteiger partial charge in [0, 0.05) is 5.56 Å². The minimum Gasteiger partial charge on any atom is -0.504 e. The van der Waals surface area contributed by atoms with Crippen LogP contribution in [-0.2, 0) is 0 Å². The molecule has 0 amide bonds. The van der Waals surface area contributed by atoms with Gasteiger partial charge in [-0.3, -0.25) is 4.79 Å². The summed E-state index contributed by atoms with van der Waals surface area (Å²) in [5.41, 5.74) is 0.506. The Morgan fingerprint density at radius 1 is 1.47 bits per heavy atom. The Labute approximate surface area is 97.2 Å². The summed E-state index contributed by atoms with van der Waals surface area (Å²) in [5.74, 6) is 0.278. The van der Waals surface area contributed by atoms with Gasteiger partial charge in [-0.2, -0.15) is 0 Å². The average Bonchev–Trinajstić information content (AvgIpc) is 2.16. The topological polar surface area (TPSA) is 46.5 Å². The fraction of sp³-hybridized carbons (Fsp3) is 0.364. The molecule has 1 aromatic carbocycles. The van der Waals surface area contributed by atoms with Crippen LogP contribution in [0.25, 0.3) is 0 Å². The summed E-state index contributed by atoms with van der Waals surface area (Å²) in [6.07, 6.45) is 0. The summed E-state index contributed by atoms with van der Waals surface area (Å²) in [5, 5.41) is 9.37. The predicted octanol–water partition coefficient (Wildman–Crippen LogP) is 2.76. The molecule has 82 valence electrons. The van der Waals surface area contributed by atoms with Gasteiger partial charge in [-0.25, -0.2) is 0 Å². The molecule has 0 spiro atoms. The molecular weight excluding hydrogens is 260 g/mol. The fourth-order valence-corrected chi connectivity index (χ4v) is 1.39. The predicted molar refractivity (Wildman–Crippen MR) is 62.0 cm³/mol. The lowest BCUT2D eigenvalue weighted by Crippen LogP contribution is -2.23. The minimum absolute atomic E-state index is 0.0291. The van der Waals surface area contributed by atoms with Crippen molar-refractivity contribution in [2.45, 2.75) is 18.2 Å². The highest BCUT2D eigenvalue weighted by Gasteiger charge is 2.25. The third-order valence-corrected chi connectivity index (χ3v) is 2.34. The molecule has 0 saturated heterocycles. The van der Waals surface area contributed by atoms with Gasteiger partial charge in [0.05, 0.1) is 11.4 Å². The normalized spacial score (nSPS) is 11.2. The van der Waals surface area contributed by atoms with E-state index in [1.165, 1.54) is 19.2 Å². The molecule has 1 rings (SSSR count). The minimum atomic E-state index is -0.616. The Bertz CT molecular complexity index is 380. The Hall–Kier alpha value is -1.03.